The molecule has 6 N–H and O–H groups in total. The normalized spacial score (nSPS) is 10.9. The number of phenols is 1. The summed E-state index contributed by atoms with van der Waals surface area (Å²) in [6.45, 7) is 0. The van der Waals surface area contributed by atoms with E-state index in [0.29, 0.717) is 9.46 Å². The molecular weight excluding hydrogens is 188 g/mol. The van der Waals surface area contributed by atoms with E-state index in [1.807, 2.05) is 0 Å². The summed E-state index contributed by atoms with van der Waals surface area (Å²) in [4.78, 5) is 0. The summed E-state index contributed by atoms with van der Waals surface area (Å²) < 4.78 is 0.741. The molecule has 0 amide bonds. The van der Waals surface area contributed by atoms with Gasteiger partial charge in [0.2, 0.25) is 0 Å². The van der Waals surface area contributed by atoms with Crippen LogP contribution in [0.4, 0.5) is 5.69 Å². The Morgan fingerprint density at radius 3 is 2.29 bits per heavy atom. The number of imidazole rings is 1. The Balaban J connectivity index is 3.16. The van der Waals surface area contributed by atoms with Crippen molar-refractivity contribution in [3.63, 3.8) is 0 Å². The van der Waals surface area contributed by atoms with Gasteiger partial charge in [-0.05, 0) is 12.1 Å². The number of nitrogens with zero attached hydrogens (tertiary/aromatic N) is 2. The lowest BCUT2D eigenvalue weighted by Crippen LogP contribution is -2.21. The molecular formula is C7H8N4O3. The molecule has 7 heteroatoms. The van der Waals surface area contributed by atoms with Gasteiger partial charge in [0.15, 0.2) is 5.52 Å². The number of nitrogens with two attached hydrogens (primary N) is 1. The fourth-order valence-corrected chi connectivity index (χ4v) is 1.32. The van der Waals surface area contributed by atoms with Crippen LogP contribution < -0.4 is 11.4 Å². The molecule has 0 saturated heterocycles. The minimum absolute atomic E-state index is 0.00231. The Hall–Kier alpha value is -2.31. The number of phenolic OH excluding ortho intramolecular Hbond substituents is 1. The third-order valence-corrected chi connectivity index (χ3v) is 1.99. The average Bonchev–Trinajstić information content (AvgIpc) is 2.38. The highest BCUT2D eigenvalue weighted by atomic mass is 16.5. The molecule has 0 saturated carbocycles. The fraction of sp³-hybridized carbons (Fsp3) is 0. The van der Waals surface area contributed by atoms with Crippen LogP contribution in [-0.2, 0) is 0 Å². The Labute approximate surface area is 77.3 Å². The van der Waals surface area contributed by atoms with Gasteiger partial charge in [0.1, 0.15) is 11.3 Å². The van der Waals surface area contributed by atoms with Gasteiger partial charge in [-0.15, -0.1) is 9.46 Å². The van der Waals surface area contributed by atoms with E-state index in [4.69, 9.17) is 11.1 Å². The SMILES string of the molecule is N=c1n(O)c2c(N)ccc(O)c2n1O. The summed E-state index contributed by atoms with van der Waals surface area (Å²) in [5.41, 5.74) is 4.97. The molecule has 7 nitrogen and oxygen atoms in total. The van der Waals surface area contributed by atoms with Crippen molar-refractivity contribution in [1.29, 1.82) is 5.41 Å². The lowest BCUT2D eigenvalue weighted by molar-refractivity contribution is 0.130. The summed E-state index contributed by atoms with van der Waals surface area (Å²) >= 11 is 0. The number of hydrogen-bond acceptors (Lipinski definition) is 5. The van der Waals surface area contributed by atoms with E-state index in [1.54, 1.807) is 0 Å². The molecule has 0 aliphatic carbocycles. The number of nitrogen functional groups attached to an aromatic ring is 1. The molecule has 14 heavy (non-hydrogen) atoms. The summed E-state index contributed by atoms with van der Waals surface area (Å²) in [5, 5.41) is 35.3. The van der Waals surface area contributed by atoms with Crippen molar-refractivity contribution < 1.29 is 15.5 Å². The standard InChI is InChI=1S/C7H8N4O3/c8-3-1-2-4(12)6-5(3)10(13)7(9)11(6)14/h1-2,9,12-14H,8H2. The monoisotopic (exact) mass is 196 g/mol. The van der Waals surface area contributed by atoms with Crippen molar-refractivity contribution in [2.24, 2.45) is 0 Å². The maximum absolute atomic E-state index is 9.37. The van der Waals surface area contributed by atoms with E-state index < -0.39 is 5.62 Å². The first-order valence-electron chi connectivity index (χ1n) is 3.72. The number of nitrogens with one attached hydrogen (secondary N) is 1. The van der Waals surface area contributed by atoms with E-state index >= 15 is 0 Å². The number of rotatable bonds is 0. The number of aromatic nitrogens is 2. The molecule has 0 radical (unpaired) electrons. The summed E-state index contributed by atoms with van der Waals surface area (Å²) in [6, 6.07) is 2.63. The van der Waals surface area contributed by atoms with Gasteiger partial charge in [0, 0.05) is 0 Å². The highest BCUT2D eigenvalue weighted by Crippen LogP contribution is 2.26. The molecule has 1 heterocycles. The molecule has 0 bridgehead atoms. The average molecular weight is 196 g/mol. The summed E-state index contributed by atoms with van der Waals surface area (Å²) in [6.07, 6.45) is 0. The van der Waals surface area contributed by atoms with Gasteiger partial charge in [-0.3, -0.25) is 5.41 Å². The predicted molar refractivity (Wildman–Crippen MR) is 46.2 cm³/mol. The number of benzene rings is 1. The van der Waals surface area contributed by atoms with E-state index in [1.165, 1.54) is 12.1 Å². The lowest BCUT2D eigenvalue weighted by atomic mass is 10.2. The molecule has 2 rings (SSSR count). The van der Waals surface area contributed by atoms with E-state index in [0.717, 1.165) is 0 Å². The minimum atomic E-state index is -0.590. The first-order valence-corrected chi connectivity index (χ1v) is 3.72. The maximum atomic E-state index is 9.37. The molecule has 0 fully saturated rings. The molecule has 0 atom stereocenters. The van der Waals surface area contributed by atoms with Gasteiger partial charge in [0.05, 0.1) is 5.69 Å². The maximum Gasteiger partial charge on any atom is 0.270 e. The molecule has 0 unspecified atom stereocenters. The first-order chi connectivity index (χ1) is 6.54. The van der Waals surface area contributed by atoms with Crippen LogP contribution in [0.5, 0.6) is 5.75 Å². The fourth-order valence-electron chi connectivity index (χ4n) is 1.32. The third kappa shape index (κ3) is 0.777. The van der Waals surface area contributed by atoms with Crippen molar-refractivity contribution >= 4 is 16.7 Å². The zero-order chi connectivity index (χ0) is 10.5. The molecule has 0 spiro atoms. The second-order valence-electron chi connectivity index (χ2n) is 2.82. The van der Waals surface area contributed by atoms with Crippen LogP contribution in [0, 0.1) is 5.41 Å². The second-order valence-corrected chi connectivity index (χ2v) is 2.82. The van der Waals surface area contributed by atoms with Gasteiger partial charge in [-0.2, -0.15) is 0 Å². The van der Waals surface area contributed by atoms with Crippen LogP contribution in [-0.4, -0.2) is 25.0 Å². The molecule has 1 aromatic carbocycles. The van der Waals surface area contributed by atoms with E-state index in [-0.39, 0.29) is 22.5 Å². The molecule has 0 aliphatic rings. The Kier molecular flexibility index (Phi) is 1.39. The Morgan fingerprint density at radius 2 is 1.71 bits per heavy atom. The minimum Gasteiger partial charge on any atom is -0.506 e. The van der Waals surface area contributed by atoms with Gasteiger partial charge < -0.3 is 21.3 Å². The highest BCUT2D eigenvalue weighted by Gasteiger charge is 2.15. The Morgan fingerprint density at radius 1 is 1.14 bits per heavy atom. The number of fused-ring (bicyclic) bond motifs is 1. The van der Waals surface area contributed by atoms with Crippen molar-refractivity contribution in [3.05, 3.63) is 17.8 Å². The highest BCUT2D eigenvalue weighted by molar-refractivity contribution is 5.91. The van der Waals surface area contributed by atoms with Crippen molar-refractivity contribution in [2.75, 3.05) is 5.73 Å². The zero-order valence-corrected chi connectivity index (χ0v) is 6.97. The molecule has 0 aliphatic heterocycles. The van der Waals surface area contributed by atoms with Crippen LogP contribution >= 0.6 is 0 Å². The lowest BCUT2D eigenvalue weighted by Gasteiger charge is -1.99. The van der Waals surface area contributed by atoms with Crippen LogP contribution in [0.25, 0.3) is 11.0 Å². The van der Waals surface area contributed by atoms with Crippen LogP contribution in [0.15, 0.2) is 12.1 Å². The molecule has 74 valence electrons. The number of anilines is 1. The van der Waals surface area contributed by atoms with E-state index in [2.05, 4.69) is 0 Å². The number of hydrogen-bond donors (Lipinski definition) is 5. The predicted octanol–water partition coefficient (Wildman–Crippen LogP) is -0.315. The molecule has 1 aromatic heterocycles. The smallest absolute Gasteiger partial charge is 0.270 e. The van der Waals surface area contributed by atoms with Gasteiger partial charge in [0.25, 0.3) is 5.62 Å². The van der Waals surface area contributed by atoms with Crippen LogP contribution in [0.3, 0.4) is 0 Å². The molecule has 2 aromatic rings. The number of aromatic hydroxyl groups is 1. The van der Waals surface area contributed by atoms with Gasteiger partial charge >= 0.3 is 0 Å². The van der Waals surface area contributed by atoms with Crippen LogP contribution in [0.2, 0.25) is 0 Å². The summed E-state index contributed by atoms with van der Waals surface area (Å²) in [5.74, 6) is -0.266. The van der Waals surface area contributed by atoms with Gasteiger partial charge in [-0.1, -0.05) is 0 Å². The second kappa shape index (κ2) is 2.34. The first kappa shape index (κ1) is 8.30. The van der Waals surface area contributed by atoms with Crippen molar-refractivity contribution in [3.8, 4) is 5.75 Å². The topological polar surface area (TPSA) is 120 Å². The van der Waals surface area contributed by atoms with Crippen molar-refractivity contribution in [2.45, 2.75) is 0 Å². The quantitative estimate of drug-likeness (QED) is 0.225. The Bertz CT molecular complexity index is 520. The third-order valence-electron chi connectivity index (χ3n) is 1.99. The van der Waals surface area contributed by atoms with Gasteiger partial charge in [-0.25, -0.2) is 0 Å². The zero-order valence-electron chi connectivity index (χ0n) is 6.97. The van der Waals surface area contributed by atoms with Crippen LogP contribution in [0.1, 0.15) is 0 Å². The van der Waals surface area contributed by atoms with Crippen molar-refractivity contribution in [1.82, 2.24) is 9.46 Å². The van der Waals surface area contributed by atoms with E-state index in [9.17, 15) is 15.5 Å². The summed E-state index contributed by atoms with van der Waals surface area (Å²) in [7, 11) is 0. The largest absolute Gasteiger partial charge is 0.506 e.